The lowest BCUT2D eigenvalue weighted by molar-refractivity contribution is -0.137. The van der Waals surface area contributed by atoms with Crippen LogP contribution in [0.4, 0.5) is 19.0 Å². The van der Waals surface area contributed by atoms with Gasteiger partial charge in [-0.25, -0.2) is 9.67 Å². The van der Waals surface area contributed by atoms with Crippen LogP contribution in [0.3, 0.4) is 0 Å². The molecule has 4 rings (SSSR count). The molecule has 1 aromatic carbocycles. The van der Waals surface area contributed by atoms with Crippen LogP contribution in [0.15, 0.2) is 42.6 Å². The van der Waals surface area contributed by atoms with Crippen molar-refractivity contribution in [2.24, 2.45) is 0 Å². The summed E-state index contributed by atoms with van der Waals surface area (Å²) in [6.07, 6.45) is -0.553. The number of pyridine rings is 1. The number of ketones is 1. The average Bonchev–Trinajstić information content (AvgIpc) is 3.45. The zero-order valence-electron chi connectivity index (χ0n) is 18.8. The molecule has 1 amide bonds. The fourth-order valence-corrected chi connectivity index (χ4v) is 4.07. The van der Waals surface area contributed by atoms with Crippen LogP contribution in [-0.4, -0.2) is 39.5 Å². The second kappa shape index (κ2) is 9.28. The maximum absolute atomic E-state index is 13.1. The van der Waals surface area contributed by atoms with E-state index < -0.39 is 23.4 Å². The molecule has 1 aliphatic rings. The number of benzene rings is 1. The third-order valence-corrected chi connectivity index (χ3v) is 5.83. The molecule has 1 fully saturated rings. The number of anilines is 1. The maximum atomic E-state index is 13.1. The zero-order valence-corrected chi connectivity index (χ0v) is 18.8. The number of carbonyl (C=O) groups is 2. The number of hydrogen-bond donors (Lipinski definition) is 1. The van der Waals surface area contributed by atoms with Gasteiger partial charge < -0.3 is 10.2 Å². The minimum Gasteiger partial charge on any atom is -0.357 e. The number of alkyl halides is 3. The summed E-state index contributed by atoms with van der Waals surface area (Å²) in [5.74, 6) is -0.731. The number of amides is 1. The van der Waals surface area contributed by atoms with Gasteiger partial charge in [0.25, 0.3) is 11.7 Å². The third kappa shape index (κ3) is 4.80. The molecule has 0 spiro atoms. The van der Waals surface area contributed by atoms with Gasteiger partial charge in [0.1, 0.15) is 5.82 Å². The number of rotatable bonds is 6. The number of nitrogens with one attached hydrogen (secondary N) is 1. The predicted molar refractivity (Wildman–Crippen MR) is 120 cm³/mol. The van der Waals surface area contributed by atoms with E-state index >= 15 is 0 Å². The van der Waals surface area contributed by atoms with Crippen LogP contribution in [0, 0.1) is 13.8 Å². The van der Waals surface area contributed by atoms with Gasteiger partial charge in [0, 0.05) is 25.8 Å². The zero-order chi connectivity index (χ0) is 24.5. The average molecular weight is 471 g/mol. The summed E-state index contributed by atoms with van der Waals surface area (Å²) in [5, 5.41) is 6.80. The Kier molecular flexibility index (Phi) is 6.41. The van der Waals surface area contributed by atoms with Gasteiger partial charge >= 0.3 is 6.18 Å². The molecule has 3 aromatic rings. The van der Waals surface area contributed by atoms with Crippen LogP contribution in [0.1, 0.15) is 45.7 Å². The second-order valence-corrected chi connectivity index (χ2v) is 8.24. The van der Waals surface area contributed by atoms with Crippen LogP contribution in [0.5, 0.6) is 0 Å². The molecule has 0 bridgehead atoms. The first-order chi connectivity index (χ1) is 16.1. The largest absolute Gasteiger partial charge is 0.416 e. The quantitative estimate of drug-likeness (QED) is 0.434. The van der Waals surface area contributed by atoms with E-state index in [9.17, 15) is 22.8 Å². The number of nitrogens with zero attached hydrogens (tertiary/aromatic N) is 4. The smallest absolute Gasteiger partial charge is 0.357 e. The topological polar surface area (TPSA) is 80.1 Å². The van der Waals surface area contributed by atoms with Crippen LogP contribution in [0.2, 0.25) is 0 Å². The monoisotopic (exact) mass is 471 g/mol. The van der Waals surface area contributed by atoms with Crippen molar-refractivity contribution in [3.63, 3.8) is 0 Å². The van der Waals surface area contributed by atoms with E-state index in [2.05, 4.69) is 20.3 Å². The van der Waals surface area contributed by atoms with E-state index in [4.69, 9.17) is 0 Å². The number of aromatic nitrogens is 3. The van der Waals surface area contributed by atoms with E-state index in [-0.39, 0.29) is 29.2 Å². The Hall–Kier alpha value is -3.69. The van der Waals surface area contributed by atoms with Gasteiger partial charge in [-0.3, -0.25) is 9.59 Å². The van der Waals surface area contributed by atoms with E-state index in [1.807, 2.05) is 12.1 Å². The summed E-state index contributed by atoms with van der Waals surface area (Å²) in [5.41, 5.74) is 0.682. The van der Waals surface area contributed by atoms with Gasteiger partial charge in [-0.15, -0.1) is 0 Å². The third-order valence-electron chi connectivity index (χ3n) is 5.83. The summed E-state index contributed by atoms with van der Waals surface area (Å²) in [6, 6.07) is 8.39. The summed E-state index contributed by atoms with van der Waals surface area (Å²) in [4.78, 5) is 32.0. The van der Waals surface area contributed by atoms with Gasteiger partial charge in [0.15, 0.2) is 0 Å². The molecule has 7 nitrogen and oxygen atoms in total. The molecule has 0 unspecified atom stereocenters. The number of carbonyl (C=O) groups excluding carboxylic acids is 2. The predicted octanol–water partition coefficient (Wildman–Crippen LogP) is 4.00. The van der Waals surface area contributed by atoms with Crippen molar-refractivity contribution in [3.8, 4) is 5.69 Å². The number of hydrogen-bond acceptors (Lipinski definition) is 5. The lowest BCUT2D eigenvalue weighted by atomic mass is 10.1. The molecule has 3 heterocycles. The van der Waals surface area contributed by atoms with Crippen molar-refractivity contribution in [1.82, 2.24) is 20.1 Å². The molecule has 1 saturated heterocycles. The molecule has 2 aromatic heterocycles. The van der Waals surface area contributed by atoms with Gasteiger partial charge in [0.05, 0.1) is 28.2 Å². The van der Waals surface area contributed by atoms with Crippen LogP contribution < -0.4 is 10.2 Å². The lowest BCUT2D eigenvalue weighted by Gasteiger charge is -2.16. The lowest BCUT2D eigenvalue weighted by Crippen LogP contribution is -2.31. The minimum atomic E-state index is -4.51. The van der Waals surface area contributed by atoms with E-state index in [0.29, 0.717) is 0 Å². The molecule has 0 saturated carbocycles. The first-order valence-corrected chi connectivity index (χ1v) is 10.9. The SMILES string of the molecule is Cc1nn(-c2cccc(C(F)(F)F)c2)c(C)c1C(=O)C(=O)NCc1ccc(N2CCCC2)nc1. The molecule has 0 radical (unpaired) electrons. The minimum absolute atomic E-state index is 0.0671. The Morgan fingerprint density at radius 3 is 2.47 bits per heavy atom. The maximum Gasteiger partial charge on any atom is 0.416 e. The summed E-state index contributed by atoms with van der Waals surface area (Å²) < 4.78 is 40.5. The molecule has 178 valence electrons. The fourth-order valence-electron chi connectivity index (χ4n) is 4.07. The Morgan fingerprint density at radius 2 is 1.82 bits per heavy atom. The van der Waals surface area contributed by atoms with Gasteiger partial charge in [-0.1, -0.05) is 12.1 Å². The highest BCUT2D eigenvalue weighted by molar-refractivity contribution is 6.43. The number of halogens is 3. The normalized spacial score (nSPS) is 13.9. The molecule has 1 N–H and O–H groups in total. The van der Waals surface area contributed by atoms with Crippen molar-refractivity contribution in [2.75, 3.05) is 18.0 Å². The molecule has 34 heavy (non-hydrogen) atoms. The number of aryl methyl sites for hydroxylation is 1. The van der Waals surface area contributed by atoms with Crippen molar-refractivity contribution in [2.45, 2.75) is 39.4 Å². The van der Waals surface area contributed by atoms with Gasteiger partial charge in [-0.05, 0) is 56.5 Å². The first kappa shape index (κ1) is 23.5. The standard InChI is InChI=1S/C24H24F3N5O2/c1-15-21(16(2)32(30-15)19-7-5-6-18(12-19)24(25,26)27)22(33)23(34)29-14-17-8-9-20(28-13-17)31-10-3-4-11-31/h5-9,12-13H,3-4,10-11,14H2,1-2H3,(H,29,34). The first-order valence-electron chi connectivity index (χ1n) is 10.9. The summed E-state index contributed by atoms with van der Waals surface area (Å²) in [7, 11) is 0. The highest BCUT2D eigenvalue weighted by Gasteiger charge is 2.31. The molecule has 0 aliphatic carbocycles. The fraction of sp³-hybridized carbons (Fsp3) is 0.333. The van der Waals surface area contributed by atoms with Crippen molar-refractivity contribution < 1.29 is 22.8 Å². The molecule has 1 aliphatic heterocycles. The van der Waals surface area contributed by atoms with E-state index in [1.54, 1.807) is 20.0 Å². The van der Waals surface area contributed by atoms with Crippen LogP contribution in [0.25, 0.3) is 5.69 Å². The Bertz CT molecular complexity index is 1210. The van der Waals surface area contributed by atoms with Gasteiger partial charge in [0.2, 0.25) is 0 Å². The van der Waals surface area contributed by atoms with E-state index in [1.165, 1.54) is 16.8 Å². The Morgan fingerprint density at radius 1 is 1.09 bits per heavy atom. The van der Waals surface area contributed by atoms with E-state index in [0.717, 1.165) is 49.4 Å². The number of Topliss-reactive ketones (excluding diaryl/α,β-unsaturated/α-hetero) is 1. The molecular formula is C24H24F3N5O2. The van der Waals surface area contributed by atoms with Crippen LogP contribution >= 0.6 is 0 Å². The van der Waals surface area contributed by atoms with Gasteiger partial charge in [-0.2, -0.15) is 18.3 Å². The molecular weight excluding hydrogens is 447 g/mol. The summed E-state index contributed by atoms with van der Waals surface area (Å²) >= 11 is 0. The van der Waals surface area contributed by atoms with Crippen molar-refractivity contribution >= 4 is 17.5 Å². The summed E-state index contributed by atoms with van der Waals surface area (Å²) in [6.45, 7) is 5.16. The van der Waals surface area contributed by atoms with Crippen molar-refractivity contribution in [3.05, 3.63) is 70.7 Å². The molecule has 10 heteroatoms. The van der Waals surface area contributed by atoms with Crippen molar-refractivity contribution in [1.29, 1.82) is 0 Å². The highest BCUT2D eigenvalue weighted by atomic mass is 19.4. The second-order valence-electron chi connectivity index (χ2n) is 8.24. The molecule has 0 atom stereocenters. The van der Waals surface area contributed by atoms with Crippen LogP contribution in [-0.2, 0) is 17.5 Å². The Balaban J connectivity index is 1.47. The Labute approximate surface area is 194 Å². The highest BCUT2D eigenvalue weighted by Crippen LogP contribution is 2.31.